The van der Waals surface area contributed by atoms with Crippen molar-refractivity contribution in [3.63, 3.8) is 0 Å². The molecule has 3 rings (SSSR count). The third-order valence-corrected chi connectivity index (χ3v) is 5.02. The van der Waals surface area contributed by atoms with Crippen molar-refractivity contribution in [2.24, 2.45) is 21.1 Å². The van der Waals surface area contributed by atoms with Gasteiger partial charge in [0.1, 0.15) is 17.5 Å². The molecule has 0 aliphatic carbocycles. The fourth-order valence-electron chi connectivity index (χ4n) is 2.92. The Labute approximate surface area is 212 Å². The molecule has 0 aliphatic rings. The zero-order valence-corrected chi connectivity index (χ0v) is 23.9. The third-order valence-electron chi connectivity index (χ3n) is 5.02. The molecule has 3 N–H and O–H groups in total. The predicted molar refractivity (Wildman–Crippen MR) is 146 cm³/mol. The summed E-state index contributed by atoms with van der Waals surface area (Å²) in [6, 6.07) is 0. The van der Waals surface area contributed by atoms with E-state index in [0.29, 0.717) is 0 Å². The van der Waals surface area contributed by atoms with Crippen LogP contribution in [0.25, 0.3) is 0 Å². The van der Waals surface area contributed by atoms with Crippen LogP contribution in [0.2, 0.25) is 0 Å². The summed E-state index contributed by atoms with van der Waals surface area (Å²) in [4.78, 5) is 36.0. The van der Waals surface area contributed by atoms with Crippen LogP contribution >= 0.6 is 7.94 Å². The Kier molecular flexibility index (Phi) is 18.0. The molecule has 35 heavy (non-hydrogen) atoms. The van der Waals surface area contributed by atoms with E-state index in [1.807, 2.05) is 58.3 Å². The van der Waals surface area contributed by atoms with Gasteiger partial charge in [0.2, 0.25) is 0 Å². The Bertz CT molecular complexity index is 775. The summed E-state index contributed by atoms with van der Waals surface area (Å²) in [5.41, 5.74) is 0. The van der Waals surface area contributed by atoms with Gasteiger partial charge in [0.05, 0.1) is 0 Å². The van der Waals surface area contributed by atoms with E-state index in [2.05, 4.69) is 49.4 Å². The Morgan fingerprint density at radius 2 is 0.829 bits per heavy atom. The number of imidazole rings is 3. The molecule has 0 saturated carbocycles. The topological polar surface area (TPSA) is 114 Å². The fourth-order valence-corrected chi connectivity index (χ4v) is 2.92. The van der Waals surface area contributed by atoms with Crippen LogP contribution in [-0.4, -0.2) is 50.0 Å². The first-order valence-corrected chi connectivity index (χ1v) is 14.9. The Balaban J connectivity index is 0.000000453. The quantitative estimate of drug-likeness (QED) is 0.367. The van der Waals surface area contributed by atoms with Crippen LogP contribution in [0, 0.1) is 0 Å². The van der Waals surface area contributed by atoms with Gasteiger partial charge in [0.15, 0.2) is 0 Å². The van der Waals surface area contributed by atoms with Gasteiger partial charge in [-0.05, 0) is 19.3 Å². The normalized spacial score (nSPS) is 10.9. The molecule has 0 radical (unpaired) electrons. The number of aryl methyl sites for hydroxylation is 6. The SMILES string of the molecule is CCCCc1nccn1C.CCCCc1nccn1C.CCCCc1nccn1C.C[PH](O)(O)O. The van der Waals surface area contributed by atoms with Crippen molar-refractivity contribution in [2.45, 2.75) is 78.6 Å². The van der Waals surface area contributed by atoms with Crippen molar-refractivity contribution in [1.82, 2.24) is 28.7 Å². The van der Waals surface area contributed by atoms with Crippen molar-refractivity contribution in [2.75, 3.05) is 6.66 Å². The van der Waals surface area contributed by atoms with Crippen LogP contribution in [0.3, 0.4) is 0 Å². The molecule has 10 heteroatoms. The van der Waals surface area contributed by atoms with E-state index < -0.39 is 7.94 Å². The van der Waals surface area contributed by atoms with E-state index in [-0.39, 0.29) is 0 Å². The Hall–Kier alpha value is -2.06. The molecular weight excluding hydrogens is 463 g/mol. The second-order valence-corrected chi connectivity index (χ2v) is 10.6. The number of nitrogens with zero attached hydrogens (tertiary/aromatic N) is 6. The molecule has 9 nitrogen and oxygen atoms in total. The van der Waals surface area contributed by atoms with E-state index in [0.717, 1.165) is 25.9 Å². The standard InChI is InChI=1S/3C8H14N2.CH7O3P/c3*1-3-4-5-8-9-6-7-10(8)2;1-5(2,3)4/h3*6-7H,3-5H2,1-2H3;2-5H,1H3. The van der Waals surface area contributed by atoms with Crippen molar-refractivity contribution in [3.05, 3.63) is 54.7 Å². The number of rotatable bonds is 9. The fraction of sp³-hybridized carbons (Fsp3) is 0.640. The maximum atomic E-state index is 7.77. The Morgan fingerprint density at radius 1 is 0.600 bits per heavy atom. The third kappa shape index (κ3) is 17.9. The van der Waals surface area contributed by atoms with Crippen molar-refractivity contribution in [3.8, 4) is 0 Å². The zero-order chi connectivity index (χ0) is 26.7. The predicted octanol–water partition coefficient (Wildman–Crippen LogP) is 4.38. The van der Waals surface area contributed by atoms with E-state index >= 15 is 0 Å². The van der Waals surface area contributed by atoms with Gasteiger partial charge in [-0.3, -0.25) is 0 Å². The molecule has 202 valence electrons. The van der Waals surface area contributed by atoms with Crippen LogP contribution in [0.4, 0.5) is 0 Å². The molecule has 3 aromatic rings. The van der Waals surface area contributed by atoms with E-state index in [1.165, 1.54) is 56.0 Å². The monoisotopic (exact) mass is 512 g/mol. The molecule has 3 heterocycles. The molecule has 0 aliphatic heterocycles. The second-order valence-electron chi connectivity index (χ2n) is 8.64. The van der Waals surface area contributed by atoms with Crippen molar-refractivity contribution < 1.29 is 14.7 Å². The van der Waals surface area contributed by atoms with Crippen LogP contribution < -0.4 is 0 Å². The minimum atomic E-state index is -3.61. The van der Waals surface area contributed by atoms with Gasteiger partial charge in [-0.1, -0.05) is 40.0 Å². The molecule has 0 saturated heterocycles. The van der Waals surface area contributed by atoms with Crippen molar-refractivity contribution >= 4 is 7.94 Å². The first-order valence-electron chi connectivity index (χ1n) is 12.6. The maximum absolute atomic E-state index is 7.77. The number of hydrogen-bond donors (Lipinski definition) is 3. The average Bonchev–Trinajstić information content (AvgIpc) is 3.51. The summed E-state index contributed by atoms with van der Waals surface area (Å²) in [7, 11) is 2.51. The molecule has 0 unspecified atom stereocenters. The molecule has 0 fully saturated rings. The molecule has 0 amide bonds. The molecule has 0 aromatic carbocycles. The van der Waals surface area contributed by atoms with Crippen molar-refractivity contribution in [1.29, 1.82) is 0 Å². The first-order chi connectivity index (χ1) is 16.5. The van der Waals surface area contributed by atoms with E-state index in [1.54, 1.807) is 0 Å². The number of aromatic nitrogens is 6. The first kappa shape index (κ1) is 32.9. The molecular formula is C25H49N6O3P. The van der Waals surface area contributed by atoms with Gasteiger partial charge in [-0.25, -0.2) is 15.0 Å². The Morgan fingerprint density at radius 3 is 0.971 bits per heavy atom. The van der Waals surface area contributed by atoms with E-state index in [4.69, 9.17) is 14.7 Å². The molecule has 0 bridgehead atoms. The van der Waals surface area contributed by atoms with Gasteiger partial charge < -0.3 is 13.7 Å². The molecule has 3 aromatic heterocycles. The van der Waals surface area contributed by atoms with E-state index in [9.17, 15) is 0 Å². The van der Waals surface area contributed by atoms with Gasteiger partial charge in [0.25, 0.3) is 0 Å². The van der Waals surface area contributed by atoms with Crippen LogP contribution in [0.1, 0.15) is 76.8 Å². The van der Waals surface area contributed by atoms with Gasteiger partial charge in [-0.2, -0.15) is 0 Å². The van der Waals surface area contributed by atoms with Crippen LogP contribution in [0.15, 0.2) is 37.2 Å². The van der Waals surface area contributed by atoms with Gasteiger partial charge in [0, 0.05) is 77.6 Å². The summed E-state index contributed by atoms with van der Waals surface area (Å²) in [5, 5.41) is 0. The van der Waals surface area contributed by atoms with Gasteiger partial charge >= 0.3 is 29.3 Å². The summed E-state index contributed by atoms with van der Waals surface area (Å²) < 4.78 is 6.24. The average molecular weight is 513 g/mol. The summed E-state index contributed by atoms with van der Waals surface area (Å²) in [6.07, 6.45) is 22.3. The van der Waals surface area contributed by atoms with Crippen LogP contribution in [-0.2, 0) is 40.4 Å². The summed E-state index contributed by atoms with van der Waals surface area (Å²) >= 11 is 0. The minimum absolute atomic E-state index is 0.993. The molecule has 0 spiro atoms. The molecule has 0 atom stereocenters. The second kappa shape index (κ2) is 19.2. The summed E-state index contributed by atoms with van der Waals surface area (Å²) in [6.45, 7) is 7.59. The zero-order valence-electron chi connectivity index (χ0n) is 22.9. The summed E-state index contributed by atoms with van der Waals surface area (Å²) in [5.74, 6) is 3.59. The number of hydrogen-bond acceptors (Lipinski definition) is 6. The van der Waals surface area contributed by atoms with Crippen LogP contribution in [0.5, 0.6) is 0 Å². The van der Waals surface area contributed by atoms with Gasteiger partial charge in [-0.15, -0.1) is 0 Å². The number of unbranched alkanes of at least 4 members (excludes halogenated alkanes) is 3.